The first-order valence-corrected chi connectivity index (χ1v) is 12.6. The predicted molar refractivity (Wildman–Crippen MR) is 106 cm³/mol. The van der Waals surface area contributed by atoms with E-state index in [0.717, 1.165) is 23.2 Å². The molecular weight excluding hydrogens is 408 g/mol. The van der Waals surface area contributed by atoms with Gasteiger partial charge in [0.15, 0.2) is 5.03 Å². The van der Waals surface area contributed by atoms with Gasteiger partial charge in [-0.1, -0.05) is 29.0 Å². The molecule has 1 heterocycles. The van der Waals surface area contributed by atoms with E-state index in [1.54, 1.807) is 12.1 Å². The third-order valence-corrected chi connectivity index (χ3v) is 8.06. The molecule has 1 N–H and O–H groups in total. The molecular formula is C17H24N2O5S3. The van der Waals surface area contributed by atoms with Crippen LogP contribution in [0.25, 0.3) is 0 Å². The second kappa shape index (κ2) is 8.68. The first kappa shape index (κ1) is 21.8. The lowest BCUT2D eigenvalue weighted by molar-refractivity contribution is 0.0787. The minimum atomic E-state index is -3.94. The van der Waals surface area contributed by atoms with Crippen molar-refractivity contribution in [2.75, 3.05) is 24.7 Å². The summed E-state index contributed by atoms with van der Waals surface area (Å²) in [5.74, 6) is 0. The fourth-order valence-electron chi connectivity index (χ4n) is 2.16. The fraction of sp³-hybridized carbons (Fsp3) is 0.471. The number of hydrogen-bond acceptors (Lipinski definition) is 8. The van der Waals surface area contributed by atoms with Gasteiger partial charge in [-0.15, -0.1) is 0 Å². The molecule has 0 fully saturated rings. The summed E-state index contributed by atoms with van der Waals surface area (Å²) in [6, 6.07) is 6.36. The van der Waals surface area contributed by atoms with E-state index in [9.17, 15) is 16.8 Å². The molecule has 0 unspecified atom stereocenters. The molecule has 0 radical (unpaired) electrons. The number of aryl methyl sites for hydroxylation is 1. The van der Waals surface area contributed by atoms with Crippen LogP contribution in [-0.4, -0.2) is 47.3 Å². The molecule has 0 spiro atoms. The fourth-order valence-corrected chi connectivity index (χ4v) is 5.71. The van der Waals surface area contributed by atoms with E-state index in [4.69, 9.17) is 4.74 Å². The maximum atomic E-state index is 13.0. The number of nitrogens with one attached hydrogen (secondary N) is 1. The van der Waals surface area contributed by atoms with Crippen molar-refractivity contribution < 1.29 is 21.6 Å². The number of sulfone groups is 2. The van der Waals surface area contributed by atoms with Gasteiger partial charge in [-0.2, -0.15) is 0 Å². The second-order valence-corrected chi connectivity index (χ2v) is 11.5. The van der Waals surface area contributed by atoms with Crippen molar-refractivity contribution in [1.29, 1.82) is 0 Å². The molecule has 0 amide bonds. The zero-order valence-electron chi connectivity index (χ0n) is 15.7. The molecule has 1 aromatic carbocycles. The molecule has 0 bridgehead atoms. The summed E-state index contributed by atoms with van der Waals surface area (Å²) in [6.07, 6.45) is 1.77. The summed E-state index contributed by atoms with van der Waals surface area (Å²) in [4.78, 5) is 4.00. The summed E-state index contributed by atoms with van der Waals surface area (Å²) in [6.45, 7) is 6.67. The lowest BCUT2D eigenvalue weighted by Crippen LogP contribution is -2.11. The zero-order chi connectivity index (χ0) is 20.2. The van der Waals surface area contributed by atoms with Crippen molar-refractivity contribution in [3.63, 3.8) is 0 Å². The van der Waals surface area contributed by atoms with E-state index in [1.807, 2.05) is 20.8 Å². The van der Waals surface area contributed by atoms with Gasteiger partial charge in [0, 0.05) is 19.4 Å². The Bertz CT molecular complexity index is 978. The number of rotatable bonds is 9. The third kappa shape index (κ3) is 5.74. The van der Waals surface area contributed by atoms with Gasteiger partial charge in [0.25, 0.3) is 0 Å². The highest BCUT2D eigenvalue weighted by molar-refractivity contribution is 7.93. The molecule has 27 heavy (non-hydrogen) atoms. The van der Waals surface area contributed by atoms with Crippen LogP contribution in [-0.2, 0) is 24.4 Å². The first-order chi connectivity index (χ1) is 12.5. The molecule has 0 saturated heterocycles. The van der Waals surface area contributed by atoms with Gasteiger partial charge in [-0.05, 0) is 39.3 Å². The maximum absolute atomic E-state index is 13.0. The lowest BCUT2D eigenvalue weighted by atomic mass is 10.2. The van der Waals surface area contributed by atoms with Gasteiger partial charge in [0.05, 0.1) is 11.0 Å². The number of anilines is 1. The minimum Gasteiger partial charge on any atom is -0.379 e. The average Bonchev–Trinajstić information content (AvgIpc) is 3.00. The maximum Gasteiger partial charge on any atom is 0.226 e. The average molecular weight is 433 g/mol. The predicted octanol–water partition coefficient (Wildman–Crippen LogP) is 2.91. The monoisotopic (exact) mass is 432 g/mol. The van der Waals surface area contributed by atoms with Crippen molar-refractivity contribution in [2.45, 2.75) is 47.6 Å². The zero-order valence-corrected chi connectivity index (χ0v) is 18.2. The molecule has 150 valence electrons. The van der Waals surface area contributed by atoms with Crippen molar-refractivity contribution >= 4 is 36.0 Å². The van der Waals surface area contributed by atoms with E-state index < -0.39 is 19.7 Å². The molecule has 0 aliphatic heterocycles. The summed E-state index contributed by atoms with van der Waals surface area (Å²) < 4.78 is 54.9. The number of hydrogen-bond donors (Lipinski definition) is 1. The summed E-state index contributed by atoms with van der Waals surface area (Å²) in [7, 11) is -7.56. The van der Waals surface area contributed by atoms with E-state index in [0.29, 0.717) is 19.6 Å². The Balaban J connectivity index is 2.33. The Morgan fingerprint density at radius 3 is 2.33 bits per heavy atom. The van der Waals surface area contributed by atoms with Crippen LogP contribution in [0, 0.1) is 6.92 Å². The Labute approximate surface area is 164 Å². The highest BCUT2D eigenvalue weighted by Crippen LogP contribution is 2.34. The summed E-state index contributed by atoms with van der Waals surface area (Å²) in [5.41, 5.74) is 0.924. The normalized spacial score (nSPS) is 12.5. The summed E-state index contributed by atoms with van der Waals surface area (Å²) in [5, 5.41) is 2.96. The topological polar surface area (TPSA) is 102 Å². The van der Waals surface area contributed by atoms with Gasteiger partial charge in [-0.25, -0.2) is 21.8 Å². The van der Waals surface area contributed by atoms with Crippen molar-refractivity contribution in [1.82, 2.24) is 4.98 Å². The smallest absolute Gasteiger partial charge is 0.226 e. The van der Waals surface area contributed by atoms with Crippen LogP contribution in [0.3, 0.4) is 0 Å². The Hall–Kier alpha value is -1.49. The van der Waals surface area contributed by atoms with E-state index in [-0.39, 0.29) is 25.4 Å². The van der Waals surface area contributed by atoms with Crippen LogP contribution in [0.15, 0.2) is 38.5 Å². The summed E-state index contributed by atoms with van der Waals surface area (Å²) >= 11 is 0.825. The third-order valence-electron chi connectivity index (χ3n) is 3.54. The molecule has 1 aromatic heterocycles. The van der Waals surface area contributed by atoms with Crippen molar-refractivity contribution in [3.8, 4) is 0 Å². The van der Waals surface area contributed by atoms with Gasteiger partial charge in [0.1, 0.15) is 5.00 Å². The van der Waals surface area contributed by atoms with E-state index in [2.05, 4.69) is 10.3 Å². The Kier molecular flexibility index (Phi) is 7.01. The number of aromatic nitrogens is 1. The van der Waals surface area contributed by atoms with Crippen LogP contribution >= 0.6 is 11.3 Å². The Morgan fingerprint density at radius 1 is 1.15 bits per heavy atom. The van der Waals surface area contributed by atoms with Crippen LogP contribution in [0.5, 0.6) is 0 Å². The van der Waals surface area contributed by atoms with Crippen LogP contribution in [0.1, 0.15) is 25.8 Å². The van der Waals surface area contributed by atoms with Gasteiger partial charge < -0.3 is 10.1 Å². The number of ether oxygens (including phenoxy) is 1. The molecule has 0 saturated carbocycles. The highest BCUT2D eigenvalue weighted by Gasteiger charge is 2.29. The van der Waals surface area contributed by atoms with Gasteiger partial charge in [-0.3, -0.25) is 0 Å². The van der Waals surface area contributed by atoms with Crippen LogP contribution < -0.4 is 5.32 Å². The minimum absolute atomic E-state index is 0.0737. The SMILES string of the molecule is Cc1ccc(S(=O)(=O)c2nc(S(C)(=O)=O)sc2NCCCOC(C)C)cc1. The quantitative estimate of drug-likeness (QED) is 0.608. The molecule has 10 heteroatoms. The largest absolute Gasteiger partial charge is 0.379 e. The molecule has 0 atom stereocenters. The van der Waals surface area contributed by atoms with Crippen molar-refractivity contribution in [2.24, 2.45) is 0 Å². The number of benzene rings is 1. The van der Waals surface area contributed by atoms with Crippen molar-refractivity contribution in [3.05, 3.63) is 29.8 Å². The van der Waals surface area contributed by atoms with Crippen LogP contribution in [0.2, 0.25) is 0 Å². The van der Waals surface area contributed by atoms with Crippen LogP contribution in [0.4, 0.5) is 5.00 Å². The second-order valence-electron chi connectivity index (χ2n) is 6.40. The molecule has 0 aliphatic rings. The van der Waals surface area contributed by atoms with Gasteiger partial charge >= 0.3 is 0 Å². The van der Waals surface area contributed by atoms with Gasteiger partial charge in [0.2, 0.25) is 24.0 Å². The standard InChI is InChI=1S/C17H24N2O5S3/c1-12(2)24-11-5-10-18-15-16(19-17(25-15)26(4,20)21)27(22,23)14-8-6-13(3)7-9-14/h6-9,12,18H,5,10-11H2,1-4H3. The van der Waals surface area contributed by atoms with E-state index >= 15 is 0 Å². The molecule has 0 aliphatic carbocycles. The highest BCUT2D eigenvalue weighted by atomic mass is 32.2. The molecule has 7 nitrogen and oxygen atoms in total. The number of nitrogens with zero attached hydrogens (tertiary/aromatic N) is 1. The Morgan fingerprint density at radius 2 is 1.78 bits per heavy atom. The van der Waals surface area contributed by atoms with E-state index in [1.165, 1.54) is 12.1 Å². The lowest BCUT2D eigenvalue weighted by Gasteiger charge is -2.09. The molecule has 2 aromatic rings. The first-order valence-electron chi connectivity index (χ1n) is 8.40. The number of thiazole rings is 1. The molecule has 2 rings (SSSR count).